The third-order valence-electron chi connectivity index (χ3n) is 3.87. The standard InChI is InChI=1S/C16H23ClN2O2/c1-16(2,13-5-3-4-6-14(13)17)11-19-15(20)18-9-12-7-8-21-10-12/h3-6,12H,7-11H2,1-2H3,(H2,18,19,20)/t12-/m1/s1. The molecule has 1 aliphatic heterocycles. The van der Waals surface area contributed by atoms with Gasteiger partial charge in [0.1, 0.15) is 0 Å². The fraction of sp³-hybridized carbons (Fsp3) is 0.562. The maximum Gasteiger partial charge on any atom is 0.314 e. The summed E-state index contributed by atoms with van der Waals surface area (Å²) in [5, 5.41) is 6.55. The van der Waals surface area contributed by atoms with E-state index in [0.29, 0.717) is 19.0 Å². The van der Waals surface area contributed by atoms with Gasteiger partial charge in [-0.05, 0) is 18.1 Å². The van der Waals surface area contributed by atoms with Crippen molar-refractivity contribution in [3.8, 4) is 0 Å². The van der Waals surface area contributed by atoms with E-state index in [4.69, 9.17) is 16.3 Å². The van der Waals surface area contributed by atoms with E-state index in [-0.39, 0.29) is 11.4 Å². The minimum absolute atomic E-state index is 0.137. The Kier molecular flexibility index (Phi) is 5.48. The van der Waals surface area contributed by atoms with Crippen molar-refractivity contribution in [3.05, 3.63) is 34.9 Å². The maximum absolute atomic E-state index is 11.9. The van der Waals surface area contributed by atoms with Gasteiger partial charge in [0.05, 0.1) is 6.61 Å². The smallest absolute Gasteiger partial charge is 0.314 e. The van der Waals surface area contributed by atoms with Crippen molar-refractivity contribution in [2.24, 2.45) is 5.92 Å². The highest BCUT2D eigenvalue weighted by Crippen LogP contribution is 2.28. The van der Waals surface area contributed by atoms with Gasteiger partial charge in [0.2, 0.25) is 0 Å². The molecule has 0 aromatic heterocycles. The summed E-state index contributed by atoms with van der Waals surface area (Å²) in [5.41, 5.74) is 0.822. The highest BCUT2D eigenvalue weighted by Gasteiger charge is 2.24. The van der Waals surface area contributed by atoms with Crippen molar-refractivity contribution >= 4 is 17.6 Å². The fourth-order valence-electron chi connectivity index (χ4n) is 2.45. The Bertz CT molecular complexity index is 485. The van der Waals surface area contributed by atoms with Gasteiger partial charge in [0, 0.05) is 36.1 Å². The van der Waals surface area contributed by atoms with Crippen LogP contribution in [0.25, 0.3) is 0 Å². The molecule has 2 amide bonds. The predicted molar refractivity (Wildman–Crippen MR) is 84.8 cm³/mol. The Morgan fingerprint density at radius 2 is 2.14 bits per heavy atom. The van der Waals surface area contributed by atoms with Crippen molar-refractivity contribution in [3.63, 3.8) is 0 Å². The molecule has 21 heavy (non-hydrogen) atoms. The summed E-state index contributed by atoms with van der Waals surface area (Å²) < 4.78 is 5.29. The third-order valence-corrected chi connectivity index (χ3v) is 4.20. The quantitative estimate of drug-likeness (QED) is 0.878. The minimum Gasteiger partial charge on any atom is -0.381 e. The zero-order valence-corrected chi connectivity index (χ0v) is 13.4. The molecule has 2 rings (SSSR count). The van der Waals surface area contributed by atoms with E-state index in [1.165, 1.54) is 0 Å². The van der Waals surface area contributed by atoms with Crippen LogP contribution in [0, 0.1) is 5.92 Å². The van der Waals surface area contributed by atoms with E-state index in [9.17, 15) is 4.79 Å². The largest absolute Gasteiger partial charge is 0.381 e. The third kappa shape index (κ3) is 4.61. The fourth-order valence-corrected chi connectivity index (χ4v) is 2.84. The van der Waals surface area contributed by atoms with Crippen LogP contribution in [0.4, 0.5) is 4.79 Å². The number of carbonyl (C=O) groups excluding carboxylic acids is 1. The first kappa shape index (κ1) is 16.1. The van der Waals surface area contributed by atoms with Crippen LogP contribution in [0.15, 0.2) is 24.3 Å². The summed E-state index contributed by atoms with van der Waals surface area (Å²) in [6.45, 7) is 6.87. The van der Waals surface area contributed by atoms with Crippen LogP contribution < -0.4 is 10.6 Å². The van der Waals surface area contributed by atoms with Gasteiger partial charge < -0.3 is 15.4 Å². The topological polar surface area (TPSA) is 50.4 Å². The Labute approximate surface area is 131 Å². The van der Waals surface area contributed by atoms with Crippen LogP contribution in [0.5, 0.6) is 0 Å². The van der Waals surface area contributed by atoms with Gasteiger partial charge in [0.25, 0.3) is 0 Å². The lowest BCUT2D eigenvalue weighted by Crippen LogP contribution is -2.43. The number of nitrogens with one attached hydrogen (secondary N) is 2. The van der Waals surface area contributed by atoms with Gasteiger partial charge in [-0.1, -0.05) is 43.6 Å². The second kappa shape index (κ2) is 7.14. The molecule has 116 valence electrons. The summed E-state index contributed by atoms with van der Waals surface area (Å²) in [7, 11) is 0. The SMILES string of the molecule is CC(C)(CNC(=O)NC[C@H]1CCOC1)c1ccccc1Cl. The Balaban J connectivity index is 1.80. The van der Waals surface area contributed by atoms with E-state index in [2.05, 4.69) is 24.5 Å². The molecule has 0 spiro atoms. The van der Waals surface area contributed by atoms with Gasteiger partial charge in [-0.25, -0.2) is 4.79 Å². The summed E-state index contributed by atoms with van der Waals surface area (Å²) in [4.78, 5) is 11.9. The molecule has 0 saturated carbocycles. The molecular formula is C16H23ClN2O2. The van der Waals surface area contributed by atoms with E-state index in [0.717, 1.165) is 30.2 Å². The molecule has 1 fully saturated rings. The van der Waals surface area contributed by atoms with Gasteiger partial charge in [-0.3, -0.25) is 0 Å². The molecule has 0 unspecified atom stereocenters. The van der Waals surface area contributed by atoms with Crippen molar-refractivity contribution in [1.82, 2.24) is 10.6 Å². The maximum atomic E-state index is 11.9. The second-order valence-electron chi connectivity index (χ2n) is 6.16. The van der Waals surface area contributed by atoms with Crippen LogP contribution in [0.1, 0.15) is 25.8 Å². The molecule has 0 bridgehead atoms. The first-order valence-corrected chi connectivity index (χ1v) is 7.71. The molecular weight excluding hydrogens is 288 g/mol. The van der Waals surface area contributed by atoms with E-state index >= 15 is 0 Å². The molecule has 5 heteroatoms. The van der Waals surface area contributed by atoms with Crippen LogP contribution in [0.2, 0.25) is 5.02 Å². The average Bonchev–Trinajstić information content (AvgIpc) is 2.96. The average molecular weight is 311 g/mol. The molecule has 1 aromatic rings. The molecule has 1 aliphatic rings. The van der Waals surface area contributed by atoms with Crippen molar-refractivity contribution in [2.75, 3.05) is 26.3 Å². The number of hydrogen-bond donors (Lipinski definition) is 2. The van der Waals surface area contributed by atoms with Gasteiger partial charge in [-0.2, -0.15) is 0 Å². The number of urea groups is 1. The Morgan fingerprint density at radius 3 is 2.81 bits per heavy atom. The summed E-state index contributed by atoms with van der Waals surface area (Å²) >= 11 is 6.23. The second-order valence-corrected chi connectivity index (χ2v) is 6.56. The minimum atomic E-state index is -0.216. The summed E-state index contributed by atoms with van der Waals surface area (Å²) in [6.07, 6.45) is 1.02. The first-order valence-electron chi connectivity index (χ1n) is 7.33. The summed E-state index contributed by atoms with van der Waals surface area (Å²) in [5.74, 6) is 0.437. The number of halogens is 1. The monoisotopic (exact) mass is 310 g/mol. The Morgan fingerprint density at radius 1 is 1.38 bits per heavy atom. The molecule has 2 N–H and O–H groups in total. The molecule has 1 heterocycles. The van der Waals surface area contributed by atoms with Crippen LogP contribution in [-0.4, -0.2) is 32.3 Å². The van der Waals surface area contributed by atoms with Gasteiger partial charge >= 0.3 is 6.03 Å². The first-order chi connectivity index (χ1) is 9.99. The highest BCUT2D eigenvalue weighted by molar-refractivity contribution is 6.31. The molecule has 1 saturated heterocycles. The van der Waals surface area contributed by atoms with Crippen LogP contribution in [0.3, 0.4) is 0 Å². The number of amides is 2. The van der Waals surface area contributed by atoms with Crippen LogP contribution in [-0.2, 0) is 10.2 Å². The van der Waals surface area contributed by atoms with Crippen molar-refractivity contribution in [1.29, 1.82) is 0 Å². The zero-order valence-electron chi connectivity index (χ0n) is 12.6. The lowest BCUT2D eigenvalue weighted by Gasteiger charge is -2.26. The molecule has 0 radical (unpaired) electrons. The lowest BCUT2D eigenvalue weighted by atomic mass is 9.84. The molecule has 4 nitrogen and oxygen atoms in total. The normalized spacial score (nSPS) is 18.5. The predicted octanol–water partition coefficient (Wildman–Crippen LogP) is 2.95. The highest BCUT2D eigenvalue weighted by atomic mass is 35.5. The molecule has 0 aliphatic carbocycles. The van der Waals surface area contributed by atoms with Crippen molar-refractivity contribution < 1.29 is 9.53 Å². The number of carbonyl (C=O) groups is 1. The van der Waals surface area contributed by atoms with Gasteiger partial charge in [0.15, 0.2) is 0 Å². The molecule has 1 atom stereocenters. The van der Waals surface area contributed by atoms with E-state index in [1.54, 1.807) is 0 Å². The molecule has 1 aromatic carbocycles. The van der Waals surface area contributed by atoms with Crippen molar-refractivity contribution in [2.45, 2.75) is 25.7 Å². The van der Waals surface area contributed by atoms with E-state index in [1.807, 2.05) is 24.3 Å². The number of rotatable bonds is 5. The Hall–Kier alpha value is -1.26. The van der Waals surface area contributed by atoms with E-state index < -0.39 is 0 Å². The van der Waals surface area contributed by atoms with Crippen LogP contribution >= 0.6 is 11.6 Å². The zero-order chi connectivity index (χ0) is 15.3. The van der Waals surface area contributed by atoms with Gasteiger partial charge in [-0.15, -0.1) is 0 Å². The lowest BCUT2D eigenvalue weighted by molar-refractivity contribution is 0.185. The number of hydrogen-bond acceptors (Lipinski definition) is 2. The number of benzene rings is 1. The summed E-state index contributed by atoms with van der Waals surface area (Å²) in [6, 6.07) is 7.60. The number of ether oxygens (including phenoxy) is 1.